The van der Waals surface area contributed by atoms with Crippen LogP contribution in [0.15, 0.2) is 0 Å². The van der Waals surface area contributed by atoms with Gasteiger partial charge in [0.1, 0.15) is 0 Å². The van der Waals surface area contributed by atoms with Gasteiger partial charge in [-0.1, -0.05) is 64.7 Å². The fourth-order valence-electron chi connectivity index (χ4n) is 1.80. The van der Waals surface area contributed by atoms with Crippen molar-refractivity contribution >= 4 is 10.1 Å². The maximum atomic E-state index is 10.7. The predicted octanol–water partition coefficient (Wildman–Crippen LogP) is 2.53. The monoisotopic (exact) mass is 265 g/mol. The van der Waals surface area contributed by atoms with Crippen LogP contribution in [-0.2, 0) is 14.5 Å². The van der Waals surface area contributed by atoms with Crippen molar-refractivity contribution in [3.8, 4) is 0 Å². The molecular weight excluding hydrogens is 240 g/mol. The second kappa shape index (κ2) is 11.0. The lowest BCUT2D eigenvalue weighted by molar-refractivity contribution is -0.634. The van der Waals surface area contributed by atoms with E-state index < -0.39 is 10.1 Å². The molecule has 0 radical (unpaired) electrons. The third-order valence-corrected chi connectivity index (χ3v) is 3.85. The molecular formula is C12H25O4S-. The summed E-state index contributed by atoms with van der Waals surface area (Å²) in [7, 11) is -3.78. The lowest BCUT2D eigenvalue weighted by atomic mass is 10.1. The first-order valence-electron chi connectivity index (χ1n) is 6.66. The molecule has 0 saturated heterocycles. The van der Waals surface area contributed by atoms with Crippen LogP contribution in [0.4, 0.5) is 0 Å². The van der Waals surface area contributed by atoms with Gasteiger partial charge in [-0.2, -0.15) is 0 Å². The molecule has 0 aliphatic rings. The first kappa shape index (κ1) is 16.9. The van der Waals surface area contributed by atoms with Crippen LogP contribution in [0.25, 0.3) is 0 Å². The lowest BCUT2D eigenvalue weighted by Crippen LogP contribution is -2.17. The van der Waals surface area contributed by atoms with Gasteiger partial charge in [-0.15, -0.1) is 0 Å². The maximum absolute atomic E-state index is 10.7. The van der Waals surface area contributed by atoms with Crippen LogP contribution >= 0.6 is 0 Å². The highest BCUT2D eigenvalue weighted by Crippen LogP contribution is 2.10. The number of unbranched alkanes of at least 4 members (excludes halogenated alkanes) is 9. The molecule has 0 aromatic carbocycles. The van der Waals surface area contributed by atoms with Gasteiger partial charge in [0.2, 0.25) is 0 Å². The molecule has 0 fully saturated rings. The van der Waals surface area contributed by atoms with E-state index in [9.17, 15) is 13.7 Å². The topological polar surface area (TPSA) is 66.4 Å². The van der Waals surface area contributed by atoms with Gasteiger partial charge in [0.25, 0.3) is 10.1 Å². The minimum Gasteiger partial charge on any atom is -0.707 e. The molecule has 0 aliphatic carbocycles. The normalized spacial score (nSPS) is 11.9. The summed E-state index contributed by atoms with van der Waals surface area (Å²) in [4.78, 5) is 0. The molecule has 0 spiro atoms. The smallest absolute Gasteiger partial charge is 0.258 e. The standard InChI is InChI=1S/C12H26O4S/c1-2-3-4-5-6-7-8-9-10-11-12-17(14,15)16-13/h13H,2-12H2,1H3/p-1. The van der Waals surface area contributed by atoms with Crippen LogP contribution in [-0.4, -0.2) is 14.2 Å². The van der Waals surface area contributed by atoms with E-state index in [0.29, 0.717) is 6.42 Å². The second-order valence-electron chi connectivity index (χ2n) is 4.51. The average Bonchev–Trinajstić information content (AvgIpc) is 2.31. The molecule has 4 nitrogen and oxygen atoms in total. The molecule has 0 rings (SSSR count). The molecule has 0 bridgehead atoms. The van der Waals surface area contributed by atoms with Crippen molar-refractivity contribution in [3.63, 3.8) is 0 Å². The van der Waals surface area contributed by atoms with Crippen molar-refractivity contribution in [2.75, 3.05) is 5.75 Å². The van der Waals surface area contributed by atoms with Crippen LogP contribution in [0.2, 0.25) is 0 Å². The Labute approximate surface area is 105 Å². The summed E-state index contributed by atoms with van der Waals surface area (Å²) in [5.74, 6) is -0.146. The highest BCUT2D eigenvalue weighted by Gasteiger charge is 2.04. The summed E-state index contributed by atoms with van der Waals surface area (Å²) in [5.41, 5.74) is 0. The molecule has 0 unspecified atom stereocenters. The van der Waals surface area contributed by atoms with E-state index in [4.69, 9.17) is 0 Å². The van der Waals surface area contributed by atoms with Gasteiger partial charge in [-0.3, -0.25) is 0 Å². The molecule has 0 heterocycles. The van der Waals surface area contributed by atoms with E-state index in [1.165, 1.54) is 38.5 Å². The lowest BCUT2D eigenvalue weighted by Gasteiger charge is -2.07. The highest BCUT2D eigenvalue weighted by atomic mass is 32.2. The first-order chi connectivity index (χ1) is 8.12. The summed E-state index contributed by atoms with van der Waals surface area (Å²) in [5, 5.41) is 9.76. The third kappa shape index (κ3) is 12.1. The molecule has 0 aromatic rings. The van der Waals surface area contributed by atoms with Gasteiger partial charge in [0.15, 0.2) is 0 Å². The quantitative estimate of drug-likeness (QED) is 0.309. The van der Waals surface area contributed by atoms with Gasteiger partial charge >= 0.3 is 0 Å². The SMILES string of the molecule is CCCCCCCCCCCCS(=O)(=O)O[O-]. The number of rotatable bonds is 12. The Morgan fingerprint density at radius 2 is 1.24 bits per heavy atom. The van der Waals surface area contributed by atoms with Crippen LogP contribution < -0.4 is 5.26 Å². The van der Waals surface area contributed by atoms with E-state index in [2.05, 4.69) is 11.3 Å². The Morgan fingerprint density at radius 1 is 0.824 bits per heavy atom. The van der Waals surface area contributed by atoms with E-state index in [0.717, 1.165) is 19.3 Å². The maximum Gasteiger partial charge on any atom is 0.258 e. The molecule has 0 aromatic heterocycles. The Kier molecular flexibility index (Phi) is 10.9. The zero-order chi connectivity index (χ0) is 13.0. The average molecular weight is 265 g/mol. The molecule has 104 valence electrons. The van der Waals surface area contributed by atoms with E-state index >= 15 is 0 Å². The molecule has 0 aliphatic heterocycles. The van der Waals surface area contributed by atoms with Crippen molar-refractivity contribution in [3.05, 3.63) is 0 Å². The zero-order valence-corrected chi connectivity index (χ0v) is 11.6. The van der Waals surface area contributed by atoms with E-state index in [1.54, 1.807) is 0 Å². The predicted molar refractivity (Wildman–Crippen MR) is 66.7 cm³/mol. The van der Waals surface area contributed by atoms with Crippen molar-refractivity contribution < 1.29 is 18.0 Å². The van der Waals surface area contributed by atoms with Crippen LogP contribution in [0.3, 0.4) is 0 Å². The van der Waals surface area contributed by atoms with Crippen LogP contribution in [0, 0.1) is 0 Å². The van der Waals surface area contributed by atoms with Crippen molar-refractivity contribution in [2.45, 2.75) is 71.1 Å². The van der Waals surface area contributed by atoms with E-state index in [1.807, 2.05) is 0 Å². The Morgan fingerprint density at radius 3 is 1.65 bits per heavy atom. The molecule has 0 saturated carbocycles. The minimum absolute atomic E-state index is 0.146. The number of hydrogen-bond acceptors (Lipinski definition) is 4. The summed E-state index contributed by atoms with van der Waals surface area (Å²) in [6.07, 6.45) is 11.3. The van der Waals surface area contributed by atoms with Crippen LogP contribution in [0.5, 0.6) is 0 Å². The highest BCUT2D eigenvalue weighted by molar-refractivity contribution is 7.86. The molecule has 0 amide bonds. The van der Waals surface area contributed by atoms with Crippen molar-refractivity contribution in [1.82, 2.24) is 0 Å². The largest absolute Gasteiger partial charge is 0.707 e. The summed E-state index contributed by atoms with van der Waals surface area (Å²) in [6, 6.07) is 0. The fraction of sp³-hybridized carbons (Fsp3) is 1.00. The summed E-state index contributed by atoms with van der Waals surface area (Å²) >= 11 is 0. The van der Waals surface area contributed by atoms with Gasteiger partial charge in [-0.05, 0) is 6.42 Å². The van der Waals surface area contributed by atoms with Gasteiger partial charge in [0, 0.05) is 0 Å². The van der Waals surface area contributed by atoms with Gasteiger partial charge in [0.05, 0.1) is 5.75 Å². The summed E-state index contributed by atoms with van der Waals surface area (Å²) in [6.45, 7) is 2.21. The van der Waals surface area contributed by atoms with E-state index in [-0.39, 0.29) is 5.75 Å². The molecule has 0 N–H and O–H groups in total. The first-order valence-corrected chi connectivity index (χ1v) is 8.24. The fourth-order valence-corrected chi connectivity index (χ4v) is 2.43. The molecule has 0 atom stereocenters. The molecule has 5 heteroatoms. The second-order valence-corrected chi connectivity index (χ2v) is 6.17. The Balaban J connectivity index is 3.14. The minimum atomic E-state index is -3.78. The van der Waals surface area contributed by atoms with Crippen molar-refractivity contribution in [1.29, 1.82) is 0 Å². The number of hydrogen-bond donors (Lipinski definition) is 0. The van der Waals surface area contributed by atoms with Crippen molar-refractivity contribution in [2.24, 2.45) is 0 Å². The Bertz CT molecular complexity index is 249. The zero-order valence-electron chi connectivity index (χ0n) is 10.8. The van der Waals surface area contributed by atoms with Crippen LogP contribution in [0.1, 0.15) is 71.1 Å². The van der Waals surface area contributed by atoms with Gasteiger partial charge in [-0.25, -0.2) is 8.42 Å². The Hall–Kier alpha value is -0.130. The molecule has 17 heavy (non-hydrogen) atoms. The van der Waals surface area contributed by atoms with Gasteiger partial charge < -0.3 is 9.59 Å². The summed E-state index contributed by atoms with van der Waals surface area (Å²) < 4.78 is 24.5. The third-order valence-electron chi connectivity index (χ3n) is 2.85.